The average Bonchev–Trinajstić information content (AvgIpc) is 2.89. The molecule has 14 heteroatoms. The van der Waals surface area contributed by atoms with Crippen molar-refractivity contribution in [1.29, 1.82) is 0 Å². The Labute approximate surface area is 241 Å². The highest BCUT2D eigenvalue weighted by atomic mass is 32.2. The number of halogens is 3. The lowest BCUT2D eigenvalue weighted by Gasteiger charge is -2.42. The number of nitrogens with zero attached hydrogens (tertiary/aromatic N) is 3. The van der Waals surface area contributed by atoms with E-state index >= 15 is 0 Å². The number of pyridine rings is 1. The van der Waals surface area contributed by atoms with E-state index in [4.69, 9.17) is 9.90 Å². The lowest BCUT2D eigenvalue weighted by atomic mass is 10.1. The lowest BCUT2D eigenvalue weighted by molar-refractivity contribution is -0.192. The van der Waals surface area contributed by atoms with Gasteiger partial charge in [-0.15, -0.1) is 0 Å². The Morgan fingerprint density at radius 3 is 2.21 bits per heavy atom. The maximum absolute atomic E-state index is 13.0. The standard InChI is InChI=1S/C26H30N4O4S.C2HF3O2/c1-17-6-5-7-22(12-17)30-11-10-29(16-20(30)4)25-23(26(31)32)14-21(15-27-25)28-35(33,34)24-13-18(2)8-9-19(24)3;3-2(4,5)1(6)7/h5-9,12-15,20,28H,10-11,16H2,1-4H3,(H,31,32);(H,6,7). The first kappa shape index (κ1) is 32.2. The molecule has 3 aromatic rings. The van der Waals surface area contributed by atoms with Crippen LogP contribution >= 0.6 is 0 Å². The molecule has 0 spiro atoms. The third-order valence-corrected chi connectivity index (χ3v) is 8.01. The van der Waals surface area contributed by atoms with Crippen LogP contribution in [-0.2, 0) is 14.8 Å². The Kier molecular flexibility index (Phi) is 9.71. The fourth-order valence-corrected chi connectivity index (χ4v) is 5.83. The van der Waals surface area contributed by atoms with Crippen LogP contribution in [0.15, 0.2) is 59.6 Å². The Balaban J connectivity index is 0.000000616. The van der Waals surface area contributed by atoms with E-state index in [-0.39, 0.29) is 22.2 Å². The average molecular weight is 609 g/mol. The van der Waals surface area contributed by atoms with Gasteiger partial charge in [0.1, 0.15) is 11.4 Å². The van der Waals surface area contributed by atoms with Gasteiger partial charge in [0, 0.05) is 31.4 Å². The van der Waals surface area contributed by atoms with Crippen molar-refractivity contribution in [3.63, 3.8) is 0 Å². The van der Waals surface area contributed by atoms with Crippen molar-refractivity contribution in [3.8, 4) is 0 Å². The highest BCUT2D eigenvalue weighted by Crippen LogP contribution is 2.28. The lowest BCUT2D eigenvalue weighted by Crippen LogP contribution is -2.52. The first-order valence-electron chi connectivity index (χ1n) is 12.7. The number of aromatic nitrogens is 1. The fraction of sp³-hybridized carbons (Fsp3) is 0.321. The van der Waals surface area contributed by atoms with Gasteiger partial charge in [0.15, 0.2) is 0 Å². The molecular formula is C28H31F3N4O6S. The second-order valence-corrected chi connectivity index (χ2v) is 11.6. The minimum absolute atomic E-state index is 0.0395. The Hall–Kier alpha value is -4.33. The number of sulfonamides is 1. The third-order valence-electron chi connectivity index (χ3n) is 6.49. The van der Waals surface area contributed by atoms with Crippen LogP contribution in [0.3, 0.4) is 0 Å². The van der Waals surface area contributed by atoms with Crippen molar-refractivity contribution in [3.05, 3.63) is 77.0 Å². The molecule has 0 aliphatic carbocycles. The minimum atomic E-state index is -5.08. The number of anilines is 3. The van der Waals surface area contributed by atoms with Crippen molar-refractivity contribution in [2.75, 3.05) is 34.2 Å². The number of carbonyl (C=O) groups is 2. The van der Waals surface area contributed by atoms with Gasteiger partial charge in [-0.05, 0) is 68.7 Å². The first-order valence-corrected chi connectivity index (χ1v) is 14.2. The van der Waals surface area contributed by atoms with Gasteiger partial charge in [-0.1, -0.05) is 24.3 Å². The molecule has 10 nitrogen and oxygen atoms in total. The number of nitrogens with one attached hydrogen (secondary N) is 1. The molecule has 1 aromatic heterocycles. The zero-order valence-corrected chi connectivity index (χ0v) is 24.1. The van der Waals surface area contributed by atoms with Crippen LogP contribution in [0.4, 0.5) is 30.4 Å². The van der Waals surface area contributed by atoms with Gasteiger partial charge in [-0.25, -0.2) is 23.0 Å². The van der Waals surface area contributed by atoms with Gasteiger partial charge >= 0.3 is 18.1 Å². The van der Waals surface area contributed by atoms with Crippen molar-refractivity contribution in [2.45, 2.75) is 44.8 Å². The second-order valence-electron chi connectivity index (χ2n) is 9.91. The summed E-state index contributed by atoms with van der Waals surface area (Å²) in [5.41, 5.74) is 3.81. The molecule has 0 saturated carbocycles. The number of alkyl halides is 3. The molecule has 1 atom stereocenters. The second kappa shape index (κ2) is 12.7. The van der Waals surface area contributed by atoms with Gasteiger partial charge in [0.25, 0.3) is 10.0 Å². The van der Waals surface area contributed by atoms with Crippen molar-refractivity contribution in [1.82, 2.24) is 4.98 Å². The number of aromatic carboxylic acids is 1. The summed E-state index contributed by atoms with van der Waals surface area (Å²) in [5.74, 6) is -3.58. The number of piperazine rings is 1. The molecule has 4 rings (SSSR count). The maximum Gasteiger partial charge on any atom is 0.490 e. The molecule has 2 heterocycles. The fourth-order valence-electron chi connectivity index (χ4n) is 4.47. The topological polar surface area (TPSA) is 140 Å². The van der Waals surface area contributed by atoms with Gasteiger partial charge < -0.3 is 20.0 Å². The van der Waals surface area contributed by atoms with Gasteiger partial charge in [0.2, 0.25) is 0 Å². The van der Waals surface area contributed by atoms with Crippen LogP contribution in [0.2, 0.25) is 0 Å². The van der Waals surface area contributed by atoms with Crippen LogP contribution in [0.5, 0.6) is 0 Å². The molecule has 1 unspecified atom stereocenters. The van der Waals surface area contributed by atoms with Crippen LogP contribution in [0.1, 0.15) is 34.0 Å². The van der Waals surface area contributed by atoms with E-state index in [0.717, 1.165) is 11.3 Å². The number of carboxylic acids is 2. The Morgan fingerprint density at radius 1 is 1.00 bits per heavy atom. The number of hydrogen-bond donors (Lipinski definition) is 3. The molecule has 226 valence electrons. The summed E-state index contributed by atoms with van der Waals surface area (Å²) >= 11 is 0. The summed E-state index contributed by atoms with van der Waals surface area (Å²) in [6, 6.07) is 15.0. The predicted octanol–water partition coefficient (Wildman–Crippen LogP) is 4.85. The Bertz CT molecular complexity index is 1580. The van der Waals surface area contributed by atoms with Gasteiger partial charge in [-0.3, -0.25) is 4.72 Å². The molecule has 0 amide bonds. The van der Waals surface area contributed by atoms with Crippen molar-refractivity contribution >= 4 is 39.2 Å². The molecule has 0 bridgehead atoms. The summed E-state index contributed by atoms with van der Waals surface area (Å²) in [5, 5.41) is 17.0. The maximum atomic E-state index is 13.0. The SMILES string of the molecule is Cc1cccc(N2CCN(c3ncc(NS(=O)(=O)c4cc(C)ccc4C)cc3C(=O)O)CC2C)c1.O=C(O)C(F)(F)F. The molecule has 3 N–H and O–H groups in total. The van der Waals surface area contributed by atoms with E-state index in [2.05, 4.69) is 46.7 Å². The van der Waals surface area contributed by atoms with Crippen molar-refractivity contribution < 1.29 is 41.4 Å². The molecule has 42 heavy (non-hydrogen) atoms. The molecule has 1 aliphatic rings. The van der Waals surface area contributed by atoms with E-state index in [1.54, 1.807) is 19.1 Å². The van der Waals surface area contributed by atoms with E-state index in [9.17, 15) is 31.5 Å². The van der Waals surface area contributed by atoms with E-state index in [1.807, 2.05) is 24.0 Å². The quantitative estimate of drug-likeness (QED) is 0.358. The number of rotatable bonds is 6. The highest BCUT2D eigenvalue weighted by molar-refractivity contribution is 7.92. The minimum Gasteiger partial charge on any atom is -0.478 e. The van der Waals surface area contributed by atoms with E-state index in [1.165, 1.54) is 17.8 Å². The molecule has 0 radical (unpaired) electrons. The van der Waals surface area contributed by atoms with Gasteiger partial charge in [0.05, 0.1) is 16.8 Å². The monoisotopic (exact) mass is 608 g/mol. The van der Waals surface area contributed by atoms with Crippen LogP contribution in [-0.4, -0.2) is 67.4 Å². The molecule has 1 saturated heterocycles. The number of benzene rings is 2. The zero-order chi connectivity index (χ0) is 31.4. The normalized spacial score (nSPS) is 15.5. The van der Waals surface area contributed by atoms with Crippen LogP contribution < -0.4 is 14.5 Å². The summed E-state index contributed by atoms with van der Waals surface area (Å²) in [7, 11) is -3.90. The third kappa shape index (κ3) is 7.90. The highest BCUT2D eigenvalue weighted by Gasteiger charge is 2.38. The summed E-state index contributed by atoms with van der Waals surface area (Å²) < 4.78 is 60.2. The van der Waals surface area contributed by atoms with E-state index < -0.39 is 28.1 Å². The number of aryl methyl sites for hydroxylation is 3. The largest absolute Gasteiger partial charge is 0.490 e. The smallest absolute Gasteiger partial charge is 0.478 e. The van der Waals surface area contributed by atoms with Gasteiger partial charge in [-0.2, -0.15) is 13.2 Å². The van der Waals surface area contributed by atoms with E-state index in [0.29, 0.717) is 31.0 Å². The Morgan fingerprint density at radius 2 is 1.64 bits per heavy atom. The van der Waals surface area contributed by atoms with Crippen LogP contribution in [0.25, 0.3) is 0 Å². The molecule has 1 fully saturated rings. The van der Waals surface area contributed by atoms with Crippen molar-refractivity contribution in [2.24, 2.45) is 0 Å². The molecule has 2 aromatic carbocycles. The first-order chi connectivity index (χ1) is 19.5. The summed E-state index contributed by atoms with van der Waals surface area (Å²) in [4.78, 5) is 29.8. The number of aliphatic carboxylic acids is 1. The zero-order valence-electron chi connectivity index (χ0n) is 23.3. The predicted molar refractivity (Wildman–Crippen MR) is 152 cm³/mol. The summed E-state index contributed by atoms with van der Waals surface area (Å²) in [6.07, 6.45) is -3.71. The summed E-state index contributed by atoms with van der Waals surface area (Å²) in [6.45, 7) is 9.60. The molecular weight excluding hydrogens is 577 g/mol. The number of carboxylic acid groups (broad SMARTS) is 2. The number of hydrogen-bond acceptors (Lipinski definition) is 7. The van der Waals surface area contributed by atoms with Crippen LogP contribution in [0, 0.1) is 20.8 Å². The molecule has 1 aliphatic heterocycles.